The van der Waals surface area contributed by atoms with Gasteiger partial charge in [-0.25, -0.2) is 4.98 Å². The maximum Gasteiger partial charge on any atom is 0.468 e. The maximum atomic E-state index is 12.4. The number of amides is 1. The third-order valence-corrected chi connectivity index (χ3v) is 2.25. The van der Waals surface area contributed by atoms with E-state index in [-0.39, 0.29) is 23.6 Å². The molecule has 1 aromatic heterocycles. The zero-order valence-electron chi connectivity index (χ0n) is 9.84. The number of aromatic nitrogens is 1. The molecule has 19 heavy (non-hydrogen) atoms. The Labute approximate surface area is 105 Å². The van der Waals surface area contributed by atoms with Gasteiger partial charge in [-0.05, 0) is 25.2 Å². The van der Waals surface area contributed by atoms with Crippen LogP contribution in [0.15, 0.2) is 22.6 Å². The molecule has 0 aliphatic carbocycles. The second-order valence-corrected chi connectivity index (χ2v) is 3.78. The van der Waals surface area contributed by atoms with Crippen molar-refractivity contribution in [3.8, 4) is 0 Å². The van der Waals surface area contributed by atoms with Crippen LogP contribution in [0.4, 0.5) is 18.9 Å². The van der Waals surface area contributed by atoms with E-state index in [2.05, 4.69) is 20.0 Å². The molecule has 0 aliphatic rings. The number of anilines is 1. The first-order chi connectivity index (χ1) is 8.90. The minimum Gasteiger partial charge on any atom is -0.433 e. The molecule has 1 heterocycles. The molecular formula is C11H10F3N3O2. The van der Waals surface area contributed by atoms with Crippen molar-refractivity contribution in [1.29, 1.82) is 0 Å². The standard InChI is InChI=1S/C11H10F3N3O2/c1-15-5-9(18)16-6-2-3-8-7(4-6)17-10(19-8)11(12,13)14/h2-4,15H,5H2,1H3,(H,16,18). The van der Waals surface area contributed by atoms with Crippen molar-refractivity contribution in [2.75, 3.05) is 18.9 Å². The van der Waals surface area contributed by atoms with Gasteiger partial charge in [0.15, 0.2) is 5.58 Å². The van der Waals surface area contributed by atoms with E-state index in [1.165, 1.54) is 18.2 Å². The van der Waals surface area contributed by atoms with Crippen molar-refractivity contribution in [1.82, 2.24) is 10.3 Å². The van der Waals surface area contributed by atoms with E-state index in [1.54, 1.807) is 7.05 Å². The molecule has 0 radical (unpaired) electrons. The van der Waals surface area contributed by atoms with Crippen LogP contribution in [0.2, 0.25) is 0 Å². The van der Waals surface area contributed by atoms with E-state index in [0.29, 0.717) is 5.69 Å². The average Bonchev–Trinajstić information content (AvgIpc) is 2.71. The van der Waals surface area contributed by atoms with Gasteiger partial charge in [0.25, 0.3) is 0 Å². The number of alkyl halides is 3. The zero-order valence-corrected chi connectivity index (χ0v) is 9.84. The lowest BCUT2D eigenvalue weighted by atomic mass is 10.3. The number of nitrogens with one attached hydrogen (secondary N) is 2. The fourth-order valence-corrected chi connectivity index (χ4v) is 1.49. The first-order valence-corrected chi connectivity index (χ1v) is 5.32. The third kappa shape index (κ3) is 3.02. The molecule has 0 bridgehead atoms. The molecule has 0 unspecified atom stereocenters. The Morgan fingerprint density at radius 3 is 2.79 bits per heavy atom. The van der Waals surface area contributed by atoms with E-state index in [9.17, 15) is 18.0 Å². The van der Waals surface area contributed by atoms with Gasteiger partial charge in [-0.1, -0.05) is 0 Å². The number of oxazole rings is 1. The zero-order chi connectivity index (χ0) is 14.0. The fraction of sp³-hybridized carbons (Fsp3) is 0.273. The van der Waals surface area contributed by atoms with Crippen LogP contribution in [0.3, 0.4) is 0 Å². The normalized spacial score (nSPS) is 11.8. The number of nitrogens with zero attached hydrogens (tertiary/aromatic N) is 1. The number of carbonyl (C=O) groups excluding carboxylic acids is 1. The summed E-state index contributed by atoms with van der Waals surface area (Å²) in [6.07, 6.45) is -4.63. The Morgan fingerprint density at radius 1 is 1.42 bits per heavy atom. The largest absolute Gasteiger partial charge is 0.468 e. The Balaban J connectivity index is 2.28. The summed E-state index contributed by atoms with van der Waals surface area (Å²) in [7, 11) is 1.61. The van der Waals surface area contributed by atoms with Crippen molar-refractivity contribution < 1.29 is 22.4 Å². The van der Waals surface area contributed by atoms with Crippen LogP contribution in [0.25, 0.3) is 11.1 Å². The van der Waals surface area contributed by atoms with Crippen LogP contribution >= 0.6 is 0 Å². The average molecular weight is 273 g/mol. The van der Waals surface area contributed by atoms with Crippen molar-refractivity contribution in [3.63, 3.8) is 0 Å². The maximum absolute atomic E-state index is 12.4. The highest BCUT2D eigenvalue weighted by atomic mass is 19.4. The summed E-state index contributed by atoms with van der Waals surface area (Å²) >= 11 is 0. The van der Waals surface area contributed by atoms with Crippen LogP contribution in [-0.4, -0.2) is 24.5 Å². The highest BCUT2D eigenvalue weighted by molar-refractivity contribution is 5.94. The summed E-state index contributed by atoms with van der Waals surface area (Å²) in [5.41, 5.74) is 0.406. The summed E-state index contributed by atoms with van der Waals surface area (Å²) in [6.45, 7) is 0.102. The number of carbonyl (C=O) groups is 1. The summed E-state index contributed by atoms with van der Waals surface area (Å²) in [5, 5.41) is 5.17. The lowest BCUT2D eigenvalue weighted by molar-refractivity contribution is -0.156. The number of halogens is 3. The van der Waals surface area contributed by atoms with Gasteiger partial charge in [0.1, 0.15) is 5.52 Å². The molecule has 0 saturated heterocycles. The topological polar surface area (TPSA) is 67.2 Å². The summed E-state index contributed by atoms with van der Waals surface area (Å²) in [6, 6.07) is 4.09. The lowest BCUT2D eigenvalue weighted by Crippen LogP contribution is -2.24. The number of rotatable bonds is 3. The Hall–Kier alpha value is -2.09. The van der Waals surface area contributed by atoms with E-state index in [0.717, 1.165) is 0 Å². The molecule has 1 aromatic carbocycles. The van der Waals surface area contributed by atoms with Crippen LogP contribution in [0.1, 0.15) is 5.89 Å². The van der Waals surface area contributed by atoms with Gasteiger partial charge in [0, 0.05) is 5.69 Å². The van der Waals surface area contributed by atoms with Crippen LogP contribution in [0.5, 0.6) is 0 Å². The Bertz CT molecular complexity index is 607. The first kappa shape index (κ1) is 13.3. The van der Waals surface area contributed by atoms with Gasteiger partial charge in [0.2, 0.25) is 5.91 Å². The molecule has 0 aliphatic heterocycles. The summed E-state index contributed by atoms with van der Waals surface area (Å²) in [5.74, 6) is -1.61. The van der Waals surface area contributed by atoms with E-state index in [1.807, 2.05) is 0 Å². The Kier molecular flexibility index (Phi) is 3.43. The van der Waals surface area contributed by atoms with E-state index < -0.39 is 12.1 Å². The predicted octanol–water partition coefficient (Wildman–Crippen LogP) is 2.00. The fourth-order valence-electron chi connectivity index (χ4n) is 1.49. The first-order valence-electron chi connectivity index (χ1n) is 5.32. The van der Waals surface area contributed by atoms with Gasteiger partial charge in [-0.2, -0.15) is 13.2 Å². The molecule has 8 heteroatoms. The van der Waals surface area contributed by atoms with Crippen LogP contribution < -0.4 is 10.6 Å². The summed E-state index contributed by atoms with van der Waals surface area (Å²) in [4.78, 5) is 14.7. The van der Waals surface area contributed by atoms with Gasteiger partial charge in [-0.3, -0.25) is 4.79 Å². The molecule has 0 atom stereocenters. The number of hydrogen-bond acceptors (Lipinski definition) is 4. The van der Waals surface area contributed by atoms with Gasteiger partial charge < -0.3 is 15.1 Å². The minimum absolute atomic E-state index is 0.0129. The van der Waals surface area contributed by atoms with Gasteiger partial charge in [-0.15, -0.1) is 0 Å². The number of likely N-dealkylation sites (N-methyl/N-ethyl adjacent to an activating group) is 1. The number of fused-ring (bicyclic) bond motifs is 1. The monoisotopic (exact) mass is 273 g/mol. The molecule has 2 N–H and O–H groups in total. The van der Waals surface area contributed by atoms with Gasteiger partial charge >= 0.3 is 12.1 Å². The van der Waals surface area contributed by atoms with Gasteiger partial charge in [0.05, 0.1) is 6.54 Å². The summed E-state index contributed by atoms with van der Waals surface area (Å²) < 4.78 is 41.8. The molecule has 0 fully saturated rings. The second kappa shape index (κ2) is 4.88. The molecule has 102 valence electrons. The predicted molar refractivity (Wildman–Crippen MR) is 61.6 cm³/mol. The quantitative estimate of drug-likeness (QED) is 0.897. The van der Waals surface area contributed by atoms with Crippen LogP contribution in [-0.2, 0) is 11.0 Å². The number of hydrogen-bond donors (Lipinski definition) is 2. The highest BCUT2D eigenvalue weighted by Crippen LogP contribution is 2.31. The molecule has 1 amide bonds. The molecule has 2 rings (SSSR count). The molecule has 0 saturated carbocycles. The molecular weight excluding hydrogens is 263 g/mol. The molecule has 2 aromatic rings. The smallest absolute Gasteiger partial charge is 0.433 e. The van der Waals surface area contributed by atoms with Crippen LogP contribution in [0, 0.1) is 0 Å². The van der Waals surface area contributed by atoms with Crippen molar-refractivity contribution >= 4 is 22.7 Å². The van der Waals surface area contributed by atoms with E-state index >= 15 is 0 Å². The SMILES string of the molecule is CNCC(=O)Nc1ccc2oc(C(F)(F)F)nc2c1. The third-order valence-electron chi connectivity index (χ3n) is 2.25. The number of benzene rings is 1. The highest BCUT2D eigenvalue weighted by Gasteiger charge is 2.37. The lowest BCUT2D eigenvalue weighted by Gasteiger charge is -2.03. The molecule has 5 nitrogen and oxygen atoms in total. The van der Waals surface area contributed by atoms with Crippen molar-refractivity contribution in [2.45, 2.75) is 6.18 Å². The minimum atomic E-state index is -4.63. The Morgan fingerprint density at radius 2 is 2.16 bits per heavy atom. The van der Waals surface area contributed by atoms with Crippen molar-refractivity contribution in [3.05, 3.63) is 24.1 Å². The second-order valence-electron chi connectivity index (χ2n) is 3.78. The van der Waals surface area contributed by atoms with Crippen molar-refractivity contribution in [2.24, 2.45) is 0 Å². The van der Waals surface area contributed by atoms with E-state index in [4.69, 9.17) is 0 Å². The molecule has 0 spiro atoms.